The number of benzene rings is 3. The molecule has 4 atom stereocenters. The maximum absolute atomic E-state index is 15.9. The fraction of sp³-hybridized carbons (Fsp3) is 0.527. The number of likely N-dealkylation sites (N-methyl/N-ethyl adjacent to an activating group) is 1. The molecule has 78 heavy (non-hydrogen) atoms. The molecule has 1 aliphatic rings. The van der Waals surface area contributed by atoms with Crippen LogP contribution in [-0.2, 0) is 54.9 Å². The van der Waals surface area contributed by atoms with Crippen LogP contribution in [0.5, 0.6) is 11.5 Å². The van der Waals surface area contributed by atoms with Crippen LogP contribution < -0.4 is 15.4 Å². The topological polar surface area (TPSA) is 185 Å². The first-order valence-electron chi connectivity index (χ1n) is 25.6. The standard InChI is InChI=1S/C55H73Cl2F4N7O9Si/c1-34(62-29-41-42(58)25-39(57)26-45(41)76-40-20-16-36(17-21-40)44-30-63-46(66(44)9)31-65(8)51(74)77-52(2,3)4)48(71)64-43(32-75-78(11,12)53(5,6)7)50(73)67(10)54(27-35-14-18-38(56)19-15-35)22-13-23-68(33-54)49(72)37(24-47(69)70)28-55(59,60)61/h14-21,25-26,30,34,37,43,62H,13,22-24,27-29,31-33H2,1-12H3,(H,64,71)(H,69,70)/t34-,37-,43?,54+/m0/s1. The summed E-state index contributed by atoms with van der Waals surface area (Å²) < 4.78 is 77.2. The van der Waals surface area contributed by atoms with Crippen molar-refractivity contribution in [1.82, 2.24) is 34.9 Å². The highest BCUT2D eigenvalue weighted by Gasteiger charge is 2.47. The zero-order valence-corrected chi connectivity index (χ0v) is 48.9. The Morgan fingerprint density at radius 1 is 0.949 bits per heavy atom. The predicted octanol–water partition coefficient (Wildman–Crippen LogP) is 10.8. The molecular formula is C55H73Cl2F4N7O9Si. The second-order valence-electron chi connectivity index (χ2n) is 22.6. The Hall–Kier alpha value is -5.74. The van der Waals surface area contributed by atoms with Crippen molar-refractivity contribution in [1.29, 1.82) is 0 Å². The number of nitrogens with zero attached hydrogens (tertiary/aromatic N) is 5. The van der Waals surface area contributed by atoms with Gasteiger partial charge in [-0.05, 0) is 119 Å². The normalized spacial score (nSPS) is 16.5. The number of hydrogen-bond acceptors (Lipinski definition) is 10. The van der Waals surface area contributed by atoms with Crippen LogP contribution in [0.15, 0.2) is 66.9 Å². The van der Waals surface area contributed by atoms with Crippen molar-refractivity contribution in [3.63, 3.8) is 0 Å². The van der Waals surface area contributed by atoms with Crippen LogP contribution in [0.4, 0.5) is 22.4 Å². The number of likely N-dealkylation sites (tertiary alicyclic amines) is 1. The molecule has 4 amide bonds. The molecule has 23 heteroatoms. The SMILES string of the molecule is C[C@H](NCc1c(F)cc(Cl)cc1Oc1ccc(-c2cnc(CN(C)C(=O)OC(C)(C)C)n2C)cc1)C(=O)NC(CO[Si](C)(C)C(C)(C)C)C(=O)N(C)[C@@]1(Cc2ccc(Cl)cc2)CCCN(C(=O)[C@@H](CC(=O)O)CC(F)(F)F)C1. The van der Waals surface area contributed by atoms with E-state index in [1.165, 1.54) is 34.7 Å². The maximum atomic E-state index is 15.9. The molecule has 428 valence electrons. The van der Waals surface area contributed by atoms with E-state index in [1.54, 1.807) is 82.5 Å². The summed E-state index contributed by atoms with van der Waals surface area (Å²) in [5.41, 5.74) is 0.346. The third kappa shape index (κ3) is 17.1. The lowest BCUT2D eigenvalue weighted by molar-refractivity contribution is -0.166. The number of rotatable bonds is 21. The van der Waals surface area contributed by atoms with E-state index < -0.39 is 92.1 Å². The molecule has 1 fully saturated rings. The van der Waals surface area contributed by atoms with Gasteiger partial charge < -0.3 is 48.9 Å². The minimum Gasteiger partial charge on any atom is -0.481 e. The summed E-state index contributed by atoms with van der Waals surface area (Å²) in [4.78, 5) is 76.2. The van der Waals surface area contributed by atoms with Crippen LogP contribution in [0.3, 0.4) is 0 Å². The van der Waals surface area contributed by atoms with Gasteiger partial charge in [0, 0.05) is 61.9 Å². The van der Waals surface area contributed by atoms with Crippen LogP contribution in [-0.4, -0.2) is 131 Å². The molecule has 0 bridgehead atoms. The Bertz CT molecular complexity index is 2770. The van der Waals surface area contributed by atoms with Gasteiger partial charge in [0.1, 0.15) is 34.8 Å². The van der Waals surface area contributed by atoms with Crippen molar-refractivity contribution in [2.45, 2.75) is 141 Å². The Morgan fingerprint density at radius 2 is 1.59 bits per heavy atom. The molecule has 1 aliphatic heterocycles. The number of carboxylic acids is 1. The van der Waals surface area contributed by atoms with E-state index in [4.69, 9.17) is 37.1 Å². The van der Waals surface area contributed by atoms with E-state index in [1.807, 2.05) is 45.5 Å². The molecule has 1 unspecified atom stereocenters. The van der Waals surface area contributed by atoms with Crippen LogP contribution in [0.1, 0.15) is 91.1 Å². The van der Waals surface area contributed by atoms with Gasteiger partial charge in [-0.1, -0.05) is 56.1 Å². The van der Waals surface area contributed by atoms with Crippen LogP contribution in [0, 0.1) is 11.7 Å². The van der Waals surface area contributed by atoms with Gasteiger partial charge in [-0.3, -0.25) is 19.2 Å². The van der Waals surface area contributed by atoms with Gasteiger partial charge in [0.05, 0.1) is 55.4 Å². The lowest BCUT2D eigenvalue weighted by atomic mass is 9.80. The van der Waals surface area contributed by atoms with Gasteiger partial charge in [-0.15, -0.1) is 0 Å². The summed E-state index contributed by atoms with van der Waals surface area (Å²) in [5, 5.41) is 15.6. The van der Waals surface area contributed by atoms with Crippen LogP contribution >= 0.6 is 23.2 Å². The number of aromatic nitrogens is 2. The average Bonchev–Trinajstić information content (AvgIpc) is 3.69. The van der Waals surface area contributed by atoms with Crippen molar-refractivity contribution in [3.05, 3.63) is 99.7 Å². The summed E-state index contributed by atoms with van der Waals surface area (Å²) in [6.07, 6.45) is -5.65. The van der Waals surface area contributed by atoms with E-state index in [0.717, 1.165) is 17.3 Å². The Labute approximate surface area is 465 Å². The number of halogens is 6. The molecule has 0 radical (unpaired) electrons. The van der Waals surface area contributed by atoms with Gasteiger partial charge >= 0.3 is 18.2 Å². The summed E-state index contributed by atoms with van der Waals surface area (Å²) >= 11 is 12.6. The second-order valence-corrected chi connectivity index (χ2v) is 28.3. The molecule has 0 saturated carbocycles. The molecule has 3 aromatic carbocycles. The molecule has 2 heterocycles. The molecule has 1 aromatic heterocycles. The number of imidazole rings is 1. The predicted molar refractivity (Wildman–Crippen MR) is 292 cm³/mol. The van der Waals surface area contributed by atoms with Gasteiger partial charge in [0.2, 0.25) is 17.7 Å². The van der Waals surface area contributed by atoms with Crippen molar-refractivity contribution in [3.8, 4) is 22.8 Å². The first kappa shape index (κ1) is 63.1. The number of hydrogen-bond donors (Lipinski definition) is 3. The average molecular weight is 1150 g/mol. The second kappa shape index (κ2) is 25.6. The van der Waals surface area contributed by atoms with Gasteiger partial charge in [-0.25, -0.2) is 14.2 Å². The van der Waals surface area contributed by atoms with Gasteiger partial charge in [-0.2, -0.15) is 13.2 Å². The highest BCUT2D eigenvalue weighted by atomic mass is 35.5. The van der Waals surface area contributed by atoms with Crippen molar-refractivity contribution >= 4 is 61.3 Å². The molecule has 1 saturated heterocycles. The number of carboxylic acid groups (broad SMARTS) is 1. The van der Waals surface area contributed by atoms with Crippen LogP contribution in [0.2, 0.25) is 28.2 Å². The quantitative estimate of drug-likeness (QED) is 0.0533. The molecule has 4 aromatic rings. The Morgan fingerprint density at radius 3 is 2.18 bits per heavy atom. The van der Waals surface area contributed by atoms with Gasteiger partial charge in [0.15, 0.2) is 8.32 Å². The molecular weight excluding hydrogens is 1080 g/mol. The zero-order valence-electron chi connectivity index (χ0n) is 46.4. The van der Waals surface area contributed by atoms with E-state index in [-0.39, 0.29) is 73.4 Å². The maximum Gasteiger partial charge on any atom is 0.410 e. The highest BCUT2D eigenvalue weighted by Crippen LogP contribution is 2.38. The number of nitrogens with one attached hydrogen (secondary N) is 2. The molecule has 16 nitrogen and oxygen atoms in total. The summed E-state index contributed by atoms with van der Waals surface area (Å²) in [6, 6.07) is 13.9. The number of carbonyl (C=O) groups is 5. The lowest BCUT2D eigenvalue weighted by Crippen LogP contribution is -2.65. The first-order chi connectivity index (χ1) is 36.1. The van der Waals surface area contributed by atoms with E-state index in [9.17, 15) is 37.5 Å². The smallest absolute Gasteiger partial charge is 0.410 e. The number of alkyl halides is 3. The fourth-order valence-corrected chi connectivity index (χ4v) is 10.1. The van der Waals surface area contributed by atoms with Crippen LogP contribution in [0.25, 0.3) is 11.3 Å². The number of amides is 4. The van der Waals surface area contributed by atoms with E-state index in [0.29, 0.717) is 22.2 Å². The minimum atomic E-state index is -4.83. The largest absolute Gasteiger partial charge is 0.481 e. The Balaban J connectivity index is 1.37. The van der Waals surface area contributed by atoms with Gasteiger partial charge in [0.25, 0.3) is 0 Å². The lowest BCUT2D eigenvalue weighted by Gasteiger charge is -2.50. The summed E-state index contributed by atoms with van der Waals surface area (Å²) in [7, 11) is 2.36. The van der Waals surface area contributed by atoms with E-state index in [2.05, 4.69) is 15.6 Å². The molecule has 5 rings (SSSR count). The summed E-state index contributed by atoms with van der Waals surface area (Å²) in [5.74, 6) is -5.42. The number of carbonyl (C=O) groups excluding carboxylic acids is 4. The third-order valence-corrected chi connectivity index (χ3v) is 19.2. The highest BCUT2D eigenvalue weighted by molar-refractivity contribution is 6.74. The zero-order chi connectivity index (χ0) is 58.3. The van der Waals surface area contributed by atoms with E-state index >= 15 is 9.18 Å². The molecule has 0 aliphatic carbocycles. The summed E-state index contributed by atoms with van der Waals surface area (Å²) in [6.45, 7) is 16.4. The fourth-order valence-electron chi connectivity index (χ4n) is 8.75. The number of piperidine rings is 1. The monoisotopic (exact) mass is 1150 g/mol. The molecule has 3 N–H and O–H groups in total. The van der Waals surface area contributed by atoms with Crippen molar-refractivity contribution in [2.24, 2.45) is 13.0 Å². The number of ether oxygens (including phenoxy) is 2. The third-order valence-electron chi connectivity index (χ3n) is 14.3. The molecule has 0 spiro atoms. The first-order valence-corrected chi connectivity index (χ1v) is 29.2. The van der Waals surface area contributed by atoms with Crippen molar-refractivity contribution in [2.75, 3.05) is 33.8 Å². The minimum absolute atomic E-state index is 0.0222. The Kier molecular flexibility index (Phi) is 20.7. The number of aliphatic carboxylic acids is 1. The van der Waals surface area contributed by atoms with Crippen molar-refractivity contribution < 1.29 is 60.5 Å².